The van der Waals surface area contributed by atoms with Crippen LogP contribution in [0.4, 0.5) is 28.4 Å². The number of hydrogen-bond donors (Lipinski definition) is 1. The Balaban J connectivity index is 1.14. The Kier molecular flexibility index (Phi) is 10.3. The first-order chi connectivity index (χ1) is 34.0. The maximum Gasteiger partial charge on any atom is 0.198 e. The number of hydrogen-bond acceptors (Lipinski definition) is 3. The molecular weight excluding hydrogens is 884 g/mol. The summed E-state index contributed by atoms with van der Waals surface area (Å²) in [6, 6.07) is 34.6. The lowest BCUT2D eigenvalue weighted by molar-refractivity contribution is 0.332. The summed E-state index contributed by atoms with van der Waals surface area (Å²) in [5.41, 5.74) is 27.0. The lowest BCUT2D eigenvalue weighted by atomic mass is 9.55. The fourth-order valence-corrected chi connectivity index (χ4v) is 14.8. The van der Waals surface area contributed by atoms with Crippen molar-refractivity contribution in [3.8, 4) is 11.1 Å². The molecule has 0 spiro atoms. The SMILES string of the molecule is Cc1cc(-c2c(Nc3ccc4c(c3)C(C)(C)CCC4(C)C)ccc3c2oc2cc4c(cc23)C(C)(C)CCC4(C)C)c2c(c1)N(c1ccc3c(c1)C(C)(C)CCC3(C)C)c1cc3c(cc1B2)C(C)(C)CCC3(C)C. The summed E-state index contributed by atoms with van der Waals surface area (Å²) in [4.78, 5) is 2.68. The average Bonchev–Trinajstić information content (AvgIpc) is 3.68. The van der Waals surface area contributed by atoms with Crippen LogP contribution in [0.1, 0.15) is 212 Å². The fraction of sp³-hybridized carbons (Fsp3) is 0.478. The van der Waals surface area contributed by atoms with Crippen LogP contribution in [0.25, 0.3) is 33.1 Å². The summed E-state index contributed by atoms with van der Waals surface area (Å²) in [5, 5.41) is 6.53. The zero-order valence-corrected chi connectivity index (χ0v) is 47.8. The maximum atomic E-state index is 7.48. The van der Waals surface area contributed by atoms with Crippen LogP contribution in [0, 0.1) is 6.92 Å². The number of anilines is 5. The molecule has 1 aliphatic heterocycles. The van der Waals surface area contributed by atoms with E-state index in [9.17, 15) is 0 Å². The van der Waals surface area contributed by atoms with Crippen molar-refractivity contribution in [1.82, 2.24) is 0 Å². The smallest absolute Gasteiger partial charge is 0.198 e. The first-order valence-electron chi connectivity index (χ1n) is 28.2. The lowest BCUT2D eigenvalue weighted by Crippen LogP contribution is -2.44. The van der Waals surface area contributed by atoms with Gasteiger partial charge in [-0.05, 0) is 223 Å². The van der Waals surface area contributed by atoms with Crippen molar-refractivity contribution in [2.75, 3.05) is 10.2 Å². The van der Waals surface area contributed by atoms with Gasteiger partial charge in [-0.2, -0.15) is 0 Å². The number of fused-ring (bicyclic) bond motifs is 9. The van der Waals surface area contributed by atoms with Gasteiger partial charge in [-0.1, -0.05) is 141 Å². The van der Waals surface area contributed by atoms with Crippen molar-refractivity contribution in [3.05, 3.63) is 135 Å². The monoisotopic (exact) mass is 967 g/mol. The highest BCUT2D eigenvalue weighted by molar-refractivity contribution is 6.73. The average molecular weight is 967 g/mol. The van der Waals surface area contributed by atoms with Crippen LogP contribution >= 0.6 is 0 Å². The third-order valence-corrected chi connectivity index (χ3v) is 20.4. The van der Waals surface area contributed by atoms with Gasteiger partial charge < -0.3 is 14.6 Å². The van der Waals surface area contributed by atoms with Gasteiger partial charge in [0.15, 0.2) is 7.28 Å². The van der Waals surface area contributed by atoms with Gasteiger partial charge in [0.2, 0.25) is 0 Å². The zero-order valence-electron chi connectivity index (χ0n) is 47.8. The minimum Gasteiger partial charge on any atom is -0.455 e. The van der Waals surface area contributed by atoms with Crippen LogP contribution in [0.5, 0.6) is 0 Å². The molecule has 1 N–H and O–H groups in total. The van der Waals surface area contributed by atoms with Gasteiger partial charge in [0, 0.05) is 39.1 Å². The second kappa shape index (κ2) is 15.4. The highest BCUT2D eigenvalue weighted by Gasteiger charge is 2.43. The number of nitrogens with one attached hydrogen (secondary N) is 1. The number of furan rings is 1. The van der Waals surface area contributed by atoms with E-state index in [4.69, 9.17) is 4.42 Å². The standard InChI is InChI=1S/C69H83BN2O/c1-40-32-45(60-57(33-40)72(42-19-22-47-49(35-42)65(8,9)27-25-63(47,4)5)56-38-52-51(37-54(56)70-60)67(12,13)29-30-68(52,14)15)59-55(71-41-18-21-46-48(34-41)64(6,7)26-24-62(46,2)3)23-20-43-44-36-50-53(39-58(44)73-61(43)59)69(16,17)31-28-66(50,10)11/h18-23,32-39,70-71H,24-31H2,1-17H3. The van der Waals surface area contributed by atoms with Gasteiger partial charge >= 0.3 is 0 Å². The molecule has 4 aliphatic carbocycles. The second-order valence-corrected chi connectivity index (χ2v) is 29.4. The van der Waals surface area contributed by atoms with Crippen molar-refractivity contribution < 1.29 is 4.42 Å². The zero-order chi connectivity index (χ0) is 52.0. The van der Waals surface area contributed by atoms with Gasteiger partial charge in [-0.25, -0.2) is 0 Å². The predicted octanol–water partition coefficient (Wildman–Crippen LogP) is 17.9. The Morgan fingerprint density at radius 1 is 0.438 bits per heavy atom. The number of rotatable bonds is 4. The quantitative estimate of drug-likeness (QED) is 0.178. The summed E-state index contributed by atoms with van der Waals surface area (Å²) in [6.07, 6.45) is 9.46. The highest BCUT2D eigenvalue weighted by atomic mass is 16.3. The van der Waals surface area contributed by atoms with Crippen LogP contribution in [0.2, 0.25) is 0 Å². The Morgan fingerprint density at radius 2 is 0.918 bits per heavy atom. The molecule has 0 fully saturated rings. The van der Waals surface area contributed by atoms with E-state index in [1.807, 2.05) is 0 Å². The highest BCUT2D eigenvalue weighted by Crippen LogP contribution is 2.54. The first kappa shape index (κ1) is 48.7. The van der Waals surface area contributed by atoms with Crippen LogP contribution < -0.4 is 21.1 Å². The van der Waals surface area contributed by atoms with Crippen molar-refractivity contribution in [1.29, 1.82) is 0 Å². The molecule has 0 bridgehead atoms. The van der Waals surface area contributed by atoms with E-state index in [-0.39, 0.29) is 43.3 Å². The third kappa shape index (κ3) is 7.46. The topological polar surface area (TPSA) is 28.4 Å². The van der Waals surface area contributed by atoms with E-state index in [0.717, 1.165) is 41.8 Å². The molecule has 12 rings (SSSR count). The van der Waals surface area contributed by atoms with Crippen molar-refractivity contribution in [2.45, 2.75) is 212 Å². The van der Waals surface area contributed by atoms with Gasteiger partial charge in [0.25, 0.3) is 0 Å². The lowest BCUT2D eigenvalue weighted by Gasteiger charge is -2.45. The van der Waals surface area contributed by atoms with E-state index >= 15 is 0 Å². The summed E-state index contributed by atoms with van der Waals surface area (Å²) in [6.45, 7) is 41.5. The van der Waals surface area contributed by atoms with Crippen LogP contribution in [0.3, 0.4) is 0 Å². The minimum atomic E-state index is 0.0689. The molecule has 3 nitrogen and oxygen atoms in total. The third-order valence-electron chi connectivity index (χ3n) is 20.4. The van der Waals surface area contributed by atoms with Crippen molar-refractivity contribution >= 4 is 68.6 Å². The summed E-state index contributed by atoms with van der Waals surface area (Å²) < 4.78 is 7.48. The van der Waals surface area contributed by atoms with Crippen molar-refractivity contribution in [2.24, 2.45) is 0 Å². The first-order valence-corrected chi connectivity index (χ1v) is 28.2. The van der Waals surface area contributed by atoms with Crippen LogP contribution in [-0.2, 0) is 43.3 Å². The van der Waals surface area contributed by atoms with Crippen LogP contribution in [0.15, 0.2) is 89.3 Å². The predicted molar refractivity (Wildman–Crippen MR) is 316 cm³/mol. The molecule has 2 heterocycles. The number of aryl methyl sites for hydroxylation is 1. The second-order valence-electron chi connectivity index (χ2n) is 29.4. The minimum absolute atomic E-state index is 0.0689. The van der Waals surface area contributed by atoms with E-state index in [1.165, 1.54) is 139 Å². The van der Waals surface area contributed by atoms with Gasteiger partial charge in [0.1, 0.15) is 11.2 Å². The van der Waals surface area contributed by atoms with Gasteiger partial charge in [0.05, 0.1) is 5.69 Å². The number of nitrogens with zero attached hydrogens (tertiary/aromatic N) is 1. The Bertz CT molecular complexity index is 3490. The molecule has 6 aromatic carbocycles. The maximum absolute atomic E-state index is 7.48. The molecule has 0 saturated carbocycles. The fourth-order valence-electron chi connectivity index (χ4n) is 14.8. The molecule has 7 aromatic rings. The van der Waals surface area contributed by atoms with E-state index < -0.39 is 0 Å². The molecule has 378 valence electrons. The molecule has 0 amide bonds. The Morgan fingerprint density at radius 3 is 1.49 bits per heavy atom. The van der Waals surface area contributed by atoms with E-state index in [0.29, 0.717) is 0 Å². The molecular formula is C69H83BN2O. The van der Waals surface area contributed by atoms with Crippen molar-refractivity contribution in [3.63, 3.8) is 0 Å². The van der Waals surface area contributed by atoms with E-state index in [2.05, 4.69) is 213 Å². The molecule has 0 radical (unpaired) electrons. The molecule has 0 atom stereocenters. The van der Waals surface area contributed by atoms with Crippen LogP contribution in [-0.4, -0.2) is 7.28 Å². The van der Waals surface area contributed by atoms with E-state index in [1.54, 1.807) is 0 Å². The summed E-state index contributed by atoms with van der Waals surface area (Å²) in [5.74, 6) is 0. The Hall–Kier alpha value is -5.22. The summed E-state index contributed by atoms with van der Waals surface area (Å²) in [7, 11) is 0.832. The van der Waals surface area contributed by atoms with Gasteiger partial charge in [-0.3, -0.25) is 0 Å². The summed E-state index contributed by atoms with van der Waals surface area (Å²) >= 11 is 0. The molecule has 73 heavy (non-hydrogen) atoms. The normalized spacial score (nSPS) is 21.7. The largest absolute Gasteiger partial charge is 0.455 e. The van der Waals surface area contributed by atoms with Gasteiger partial charge in [-0.15, -0.1) is 0 Å². The molecule has 0 unspecified atom stereocenters. The Labute approximate surface area is 439 Å². The molecule has 5 aliphatic rings. The molecule has 4 heteroatoms. The number of benzene rings is 6. The molecule has 0 saturated heterocycles. The molecule has 1 aromatic heterocycles.